The Labute approximate surface area is 173 Å². The second-order valence-electron chi connectivity index (χ2n) is 9.10. The molecule has 2 aromatic rings. The van der Waals surface area contributed by atoms with Crippen LogP contribution in [0.2, 0.25) is 5.02 Å². The minimum atomic E-state index is -1.12. The van der Waals surface area contributed by atoms with Crippen molar-refractivity contribution in [2.75, 3.05) is 5.32 Å². The van der Waals surface area contributed by atoms with E-state index in [4.69, 9.17) is 11.6 Å². The van der Waals surface area contributed by atoms with Crippen molar-refractivity contribution in [2.24, 2.45) is 17.8 Å². The van der Waals surface area contributed by atoms with E-state index in [-0.39, 0.29) is 22.5 Å². The molecule has 1 N–H and O–H groups in total. The van der Waals surface area contributed by atoms with E-state index in [0.717, 1.165) is 19.3 Å². The number of aromatic nitrogens is 2. The quantitative estimate of drug-likeness (QED) is 0.815. The zero-order valence-corrected chi connectivity index (χ0v) is 16.8. The first-order chi connectivity index (χ1) is 13.9. The average molecular weight is 413 g/mol. The lowest BCUT2D eigenvalue weighted by atomic mass is 9.53. The molecule has 1 aromatic carbocycles. The number of halogens is 1. The van der Waals surface area contributed by atoms with Crippen molar-refractivity contribution in [3.05, 3.63) is 51.4 Å². The molecule has 4 fully saturated rings. The van der Waals surface area contributed by atoms with E-state index < -0.39 is 5.97 Å². The SMILES string of the molecule is O=C([O-])Cc1ccc(Nc2cnn(C34CC5CC(CC(C5)C3)C4)c(=O)c2Cl)cc1. The van der Waals surface area contributed by atoms with Crippen LogP contribution in [0.3, 0.4) is 0 Å². The highest BCUT2D eigenvalue weighted by atomic mass is 35.5. The monoisotopic (exact) mass is 412 g/mol. The minimum absolute atomic E-state index is 0.135. The summed E-state index contributed by atoms with van der Waals surface area (Å²) in [5.41, 5.74) is 1.43. The van der Waals surface area contributed by atoms with Crippen molar-refractivity contribution in [1.29, 1.82) is 0 Å². The number of nitrogens with zero attached hydrogens (tertiary/aromatic N) is 2. The molecule has 4 saturated carbocycles. The van der Waals surface area contributed by atoms with E-state index in [9.17, 15) is 14.7 Å². The molecule has 4 bridgehead atoms. The van der Waals surface area contributed by atoms with E-state index >= 15 is 0 Å². The number of carbonyl (C=O) groups is 1. The smallest absolute Gasteiger partial charge is 0.288 e. The number of carboxylic acids is 1. The molecule has 29 heavy (non-hydrogen) atoms. The van der Waals surface area contributed by atoms with Gasteiger partial charge in [-0.05, 0) is 74.0 Å². The van der Waals surface area contributed by atoms with Gasteiger partial charge in [0.15, 0.2) is 0 Å². The van der Waals surface area contributed by atoms with E-state index in [1.165, 1.54) is 19.3 Å². The Morgan fingerprint density at radius 1 is 1.14 bits per heavy atom. The van der Waals surface area contributed by atoms with Gasteiger partial charge >= 0.3 is 0 Å². The summed E-state index contributed by atoms with van der Waals surface area (Å²) in [5, 5.41) is 18.5. The number of nitrogens with one attached hydrogen (secondary N) is 1. The lowest BCUT2D eigenvalue weighted by Crippen LogP contribution is -2.55. The molecule has 0 atom stereocenters. The van der Waals surface area contributed by atoms with Crippen LogP contribution in [0.4, 0.5) is 11.4 Å². The highest BCUT2D eigenvalue weighted by Crippen LogP contribution is 2.58. The molecule has 1 heterocycles. The van der Waals surface area contributed by atoms with E-state index in [2.05, 4.69) is 10.4 Å². The van der Waals surface area contributed by atoms with Gasteiger partial charge in [0.1, 0.15) is 5.02 Å². The van der Waals surface area contributed by atoms with Crippen LogP contribution in [-0.2, 0) is 16.8 Å². The van der Waals surface area contributed by atoms with Gasteiger partial charge in [-0.1, -0.05) is 23.7 Å². The fraction of sp³-hybridized carbons (Fsp3) is 0.500. The highest BCUT2D eigenvalue weighted by Gasteiger charge is 2.53. The summed E-state index contributed by atoms with van der Waals surface area (Å²) in [6.07, 6.45) is 8.51. The first kappa shape index (κ1) is 18.7. The summed E-state index contributed by atoms with van der Waals surface area (Å²) in [4.78, 5) is 23.8. The maximum Gasteiger partial charge on any atom is 0.288 e. The summed E-state index contributed by atoms with van der Waals surface area (Å²) in [5.74, 6) is 1.02. The van der Waals surface area contributed by atoms with Crippen LogP contribution in [0.1, 0.15) is 44.1 Å². The lowest BCUT2D eigenvalue weighted by molar-refractivity contribution is -0.304. The third-order valence-electron chi connectivity index (χ3n) is 6.96. The van der Waals surface area contributed by atoms with Crippen molar-refractivity contribution < 1.29 is 9.90 Å². The molecule has 152 valence electrons. The van der Waals surface area contributed by atoms with Crippen molar-refractivity contribution in [1.82, 2.24) is 9.78 Å². The third-order valence-corrected chi connectivity index (χ3v) is 7.32. The van der Waals surface area contributed by atoms with Crippen LogP contribution in [-0.4, -0.2) is 15.7 Å². The van der Waals surface area contributed by atoms with E-state index in [1.54, 1.807) is 35.1 Å². The molecule has 4 aliphatic carbocycles. The highest BCUT2D eigenvalue weighted by molar-refractivity contribution is 6.33. The summed E-state index contributed by atoms with van der Waals surface area (Å²) in [7, 11) is 0. The molecule has 4 aliphatic rings. The zero-order valence-electron chi connectivity index (χ0n) is 16.1. The van der Waals surface area contributed by atoms with Gasteiger partial charge in [0.2, 0.25) is 0 Å². The Morgan fingerprint density at radius 2 is 1.72 bits per heavy atom. The van der Waals surface area contributed by atoms with Gasteiger partial charge < -0.3 is 15.2 Å². The number of hydrogen-bond acceptors (Lipinski definition) is 5. The predicted octanol–water partition coefficient (Wildman–Crippen LogP) is 2.86. The van der Waals surface area contributed by atoms with Crippen LogP contribution in [0.25, 0.3) is 0 Å². The van der Waals surface area contributed by atoms with Crippen LogP contribution >= 0.6 is 11.6 Å². The second-order valence-corrected chi connectivity index (χ2v) is 9.48. The number of hydrogen-bond donors (Lipinski definition) is 1. The number of rotatable bonds is 5. The van der Waals surface area contributed by atoms with Crippen molar-refractivity contribution >= 4 is 28.9 Å². The largest absolute Gasteiger partial charge is 0.550 e. The molecular weight excluding hydrogens is 390 g/mol. The lowest BCUT2D eigenvalue weighted by Gasteiger charge is -2.56. The van der Waals surface area contributed by atoms with Gasteiger partial charge in [-0.2, -0.15) is 5.10 Å². The van der Waals surface area contributed by atoms with Gasteiger partial charge in [0.05, 0.1) is 17.4 Å². The van der Waals surface area contributed by atoms with Crippen molar-refractivity contribution in [2.45, 2.75) is 50.5 Å². The van der Waals surface area contributed by atoms with Crippen molar-refractivity contribution in [3.8, 4) is 0 Å². The Bertz CT molecular complexity index is 980. The number of benzene rings is 1. The molecule has 0 unspecified atom stereocenters. The standard InChI is InChI=1S/C22H24ClN3O3/c23-20-18(25-17-3-1-13(2-4-17)8-19(27)28)12-24-26(21(20)29)22-9-14-5-15(10-22)7-16(6-14)11-22/h1-4,12,14-16,25H,5-11H2,(H,27,28)/p-1. The summed E-state index contributed by atoms with van der Waals surface area (Å²) in [6, 6.07) is 6.91. The predicted molar refractivity (Wildman–Crippen MR) is 108 cm³/mol. The fourth-order valence-corrected chi connectivity index (χ4v) is 6.39. The van der Waals surface area contributed by atoms with Gasteiger partial charge in [0.25, 0.3) is 5.56 Å². The summed E-state index contributed by atoms with van der Waals surface area (Å²) < 4.78 is 1.67. The average Bonchev–Trinajstić information content (AvgIpc) is 2.65. The molecule has 0 radical (unpaired) electrons. The van der Waals surface area contributed by atoms with Gasteiger partial charge in [0, 0.05) is 18.1 Å². The first-order valence-electron chi connectivity index (χ1n) is 10.3. The maximum atomic E-state index is 13.1. The Hall–Kier alpha value is -2.34. The molecule has 0 saturated heterocycles. The number of anilines is 2. The number of carboxylic acid groups (broad SMARTS) is 1. The van der Waals surface area contributed by atoms with E-state index in [1.807, 2.05) is 0 Å². The Balaban J connectivity index is 1.41. The molecule has 6 nitrogen and oxygen atoms in total. The second kappa shape index (κ2) is 6.87. The first-order valence-corrected chi connectivity index (χ1v) is 10.6. The third kappa shape index (κ3) is 3.33. The Morgan fingerprint density at radius 3 is 2.28 bits per heavy atom. The Kier molecular flexibility index (Phi) is 4.42. The van der Waals surface area contributed by atoms with E-state index in [0.29, 0.717) is 34.7 Å². The molecule has 7 heteroatoms. The molecule has 0 aliphatic heterocycles. The topological polar surface area (TPSA) is 87.0 Å². The maximum absolute atomic E-state index is 13.1. The van der Waals surface area contributed by atoms with Crippen LogP contribution in [0.5, 0.6) is 0 Å². The molecule has 6 rings (SSSR count). The number of aliphatic carboxylic acids is 1. The van der Waals surface area contributed by atoms with Gasteiger partial charge in [-0.3, -0.25) is 4.79 Å². The molecule has 0 spiro atoms. The van der Waals surface area contributed by atoms with Gasteiger partial charge in [-0.15, -0.1) is 0 Å². The van der Waals surface area contributed by atoms with Crippen LogP contribution in [0, 0.1) is 17.8 Å². The normalized spacial score (nSPS) is 29.8. The zero-order chi connectivity index (χ0) is 20.2. The van der Waals surface area contributed by atoms with Gasteiger partial charge in [-0.25, -0.2) is 4.68 Å². The minimum Gasteiger partial charge on any atom is -0.550 e. The molecule has 1 aromatic heterocycles. The molecular formula is C22H23ClN3O3-. The molecule has 0 amide bonds. The fourth-order valence-electron chi connectivity index (χ4n) is 6.21. The summed E-state index contributed by atoms with van der Waals surface area (Å²) >= 11 is 6.47. The van der Waals surface area contributed by atoms with Crippen LogP contribution in [0.15, 0.2) is 35.3 Å². The van der Waals surface area contributed by atoms with Crippen molar-refractivity contribution in [3.63, 3.8) is 0 Å². The summed E-state index contributed by atoms with van der Waals surface area (Å²) in [6.45, 7) is 0. The number of carbonyl (C=O) groups excluding carboxylic acids is 1. The van der Waals surface area contributed by atoms with Crippen LogP contribution < -0.4 is 16.0 Å².